The van der Waals surface area contributed by atoms with Gasteiger partial charge < -0.3 is 11.1 Å². The van der Waals surface area contributed by atoms with Crippen LogP contribution in [-0.4, -0.2) is 16.5 Å². The van der Waals surface area contributed by atoms with Gasteiger partial charge in [-0.2, -0.15) is 13.2 Å². The van der Waals surface area contributed by atoms with Gasteiger partial charge in [0.05, 0.1) is 16.3 Å². The quantitative estimate of drug-likeness (QED) is 0.574. The van der Waals surface area contributed by atoms with Crippen molar-refractivity contribution in [1.29, 1.82) is 0 Å². The molecule has 3 aromatic rings. The highest BCUT2D eigenvalue weighted by Crippen LogP contribution is 2.36. The molecule has 0 radical (unpaired) electrons. The zero-order valence-corrected chi connectivity index (χ0v) is 16.0. The number of halogens is 5. The Morgan fingerprint density at radius 1 is 1.04 bits per heavy atom. The topological polar surface area (TPSA) is 63.8 Å². The van der Waals surface area contributed by atoms with Crippen LogP contribution >= 0.6 is 24.0 Å². The lowest BCUT2D eigenvalue weighted by Gasteiger charge is -2.14. The Kier molecular flexibility index (Phi) is 7.23. The number of benzene rings is 2. The zero-order chi connectivity index (χ0) is 19.4. The molecule has 2 aromatic carbocycles. The van der Waals surface area contributed by atoms with Gasteiger partial charge in [-0.15, -0.1) is 12.4 Å². The molecule has 0 unspecified atom stereocenters. The molecule has 9 heteroatoms. The Labute approximate surface area is 171 Å². The molecule has 0 aliphatic heterocycles. The fraction of sp³-hybridized carbons (Fsp3) is 0.158. The van der Waals surface area contributed by atoms with Gasteiger partial charge in [0.15, 0.2) is 0 Å². The average Bonchev–Trinajstić information content (AvgIpc) is 2.66. The van der Waals surface area contributed by atoms with Crippen molar-refractivity contribution in [2.45, 2.75) is 12.2 Å². The molecule has 0 spiro atoms. The molecule has 0 aliphatic carbocycles. The first kappa shape index (κ1) is 21.9. The first-order valence-corrected chi connectivity index (χ1v) is 8.46. The SMILES string of the molecule is Cl.N[C@@H](CNc1cc(-c2ccc(C(F)(F)F)c(Cl)c2)ncn1)c1ccccc1. The summed E-state index contributed by atoms with van der Waals surface area (Å²) in [5.74, 6) is 0.516. The summed E-state index contributed by atoms with van der Waals surface area (Å²) in [7, 11) is 0. The predicted octanol–water partition coefficient (Wildman–Crippen LogP) is 5.35. The average molecular weight is 429 g/mol. The summed E-state index contributed by atoms with van der Waals surface area (Å²) in [4.78, 5) is 8.22. The van der Waals surface area contributed by atoms with Gasteiger partial charge in [0.1, 0.15) is 12.1 Å². The molecule has 148 valence electrons. The van der Waals surface area contributed by atoms with Crippen LogP contribution in [0.1, 0.15) is 17.2 Å². The van der Waals surface area contributed by atoms with Gasteiger partial charge in [-0.05, 0) is 17.7 Å². The predicted molar refractivity (Wildman–Crippen MR) is 107 cm³/mol. The van der Waals surface area contributed by atoms with Crippen LogP contribution < -0.4 is 11.1 Å². The van der Waals surface area contributed by atoms with E-state index >= 15 is 0 Å². The van der Waals surface area contributed by atoms with Gasteiger partial charge in [-0.25, -0.2) is 9.97 Å². The van der Waals surface area contributed by atoms with E-state index in [1.807, 2.05) is 30.3 Å². The maximum Gasteiger partial charge on any atom is 0.417 e. The monoisotopic (exact) mass is 428 g/mol. The molecule has 4 nitrogen and oxygen atoms in total. The van der Waals surface area contributed by atoms with Crippen LogP contribution in [0.25, 0.3) is 11.3 Å². The Morgan fingerprint density at radius 3 is 2.39 bits per heavy atom. The lowest BCUT2D eigenvalue weighted by atomic mass is 10.1. The number of aromatic nitrogens is 2. The van der Waals surface area contributed by atoms with Crippen LogP contribution in [0.15, 0.2) is 60.9 Å². The minimum absolute atomic E-state index is 0. The highest BCUT2D eigenvalue weighted by molar-refractivity contribution is 6.31. The highest BCUT2D eigenvalue weighted by atomic mass is 35.5. The smallest absolute Gasteiger partial charge is 0.368 e. The molecule has 1 heterocycles. The normalized spacial score (nSPS) is 12.2. The maximum absolute atomic E-state index is 12.8. The van der Waals surface area contributed by atoms with Gasteiger partial charge in [0, 0.05) is 24.2 Å². The number of nitrogens with zero attached hydrogens (tertiary/aromatic N) is 2. The second-order valence-corrected chi connectivity index (χ2v) is 6.29. The largest absolute Gasteiger partial charge is 0.417 e. The third-order valence-corrected chi connectivity index (χ3v) is 4.28. The van der Waals surface area contributed by atoms with Crippen molar-refractivity contribution in [3.8, 4) is 11.3 Å². The standard InChI is InChI=1S/C19H16ClF3N4.ClH/c20-15-8-13(6-7-14(15)19(21,22)23)17-9-18(27-11-26-17)25-10-16(24)12-4-2-1-3-5-12;/h1-9,11,16H,10,24H2,(H,25,26,27);1H/t16-;/m0./s1. The molecule has 0 aliphatic rings. The molecule has 0 saturated carbocycles. The summed E-state index contributed by atoms with van der Waals surface area (Å²) in [6.07, 6.45) is -3.17. The number of alkyl halides is 3. The van der Waals surface area contributed by atoms with E-state index in [-0.39, 0.29) is 23.5 Å². The lowest BCUT2D eigenvalue weighted by molar-refractivity contribution is -0.137. The summed E-state index contributed by atoms with van der Waals surface area (Å²) in [6.45, 7) is 0.439. The van der Waals surface area contributed by atoms with E-state index in [9.17, 15) is 13.2 Å². The number of nitrogens with one attached hydrogen (secondary N) is 1. The van der Waals surface area contributed by atoms with Crippen molar-refractivity contribution in [2.24, 2.45) is 5.73 Å². The number of anilines is 1. The van der Waals surface area contributed by atoms with Gasteiger partial charge in [0.2, 0.25) is 0 Å². The Balaban J connectivity index is 0.00000280. The van der Waals surface area contributed by atoms with Crippen LogP contribution in [0, 0.1) is 0 Å². The molecule has 0 saturated heterocycles. The number of nitrogens with two attached hydrogens (primary N) is 1. The minimum atomic E-state index is -4.50. The van der Waals surface area contributed by atoms with Crippen molar-refractivity contribution < 1.29 is 13.2 Å². The zero-order valence-electron chi connectivity index (χ0n) is 14.4. The Hall–Kier alpha value is -2.35. The fourth-order valence-corrected chi connectivity index (χ4v) is 2.84. The fourth-order valence-electron chi connectivity index (χ4n) is 2.55. The lowest BCUT2D eigenvalue weighted by Crippen LogP contribution is -2.20. The molecule has 0 amide bonds. The summed E-state index contributed by atoms with van der Waals surface area (Å²) in [5.41, 5.74) is 7.16. The van der Waals surface area contributed by atoms with E-state index < -0.39 is 11.7 Å². The molecule has 1 atom stereocenters. The number of rotatable bonds is 5. The van der Waals surface area contributed by atoms with Gasteiger partial charge >= 0.3 is 6.18 Å². The van der Waals surface area contributed by atoms with Crippen LogP contribution in [0.2, 0.25) is 5.02 Å². The van der Waals surface area contributed by atoms with E-state index in [1.165, 1.54) is 18.5 Å². The number of hydrogen-bond acceptors (Lipinski definition) is 4. The van der Waals surface area contributed by atoms with E-state index in [2.05, 4.69) is 15.3 Å². The third kappa shape index (κ3) is 5.34. The minimum Gasteiger partial charge on any atom is -0.368 e. The van der Waals surface area contributed by atoms with Crippen LogP contribution in [-0.2, 0) is 6.18 Å². The second kappa shape index (κ2) is 9.23. The van der Waals surface area contributed by atoms with Gasteiger partial charge in [-0.3, -0.25) is 0 Å². The van der Waals surface area contributed by atoms with Crippen LogP contribution in [0.3, 0.4) is 0 Å². The van der Waals surface area contributed by atoms with Crippen molar-refractivity contribution >= 4 is 29.8 Å². The summed E-state index contributed by atoms with van der Waals surface area (Å²) < 4.78 is 38.5. The highest BCUT2D eigenvalue weighted by Gasteiger charge is 2.33. The molecule has 0 fully saturated rings. The summed E-state index contributed by atoms with van der Waals surface area (Å²) in [6, 6.07) is 14.5. The summed E-state index contributed by atoms with van der Waals surface area (Å²) >= 11 is 5.78. The molecule has 3 rings (SSSR count). The van der Waals surface area contributed by atoms with Crippen LogP contribution in [0.5, 0.6) is 0 Å². The molecular formula is C19H17Cl2F3N4. The van der Waals surface area contributed by atoms with Gasteiger partial charge in [0.25, 0.3) is 0 Å². The van der Waals surface area contributed by atoms with Crippen molar-refractivity contribution in [1.82, 2.24) is 9.97 Å². The molecule has 0 bridgehead atoms. The molecular weight excluding hydrogens is 412 g/mol. The molecule has 28 heavy (non-hydrogen) atoms. The number of hydrogen-bond donors (Lipinski definition) is 2. The van der Waals surface area contributed by atoms with Crippen molar-refractivity contribution in [3.05, 3.63) is 77.1 Å². The van der Waals surface area contributed by atoms with E-state index in [0.29, 0.717) is 23.6 Å². The van der Waals surface area contributed by atoms with Gasteiger partial charge in [-0.1, -0.05) is 48.0 Å². The molecule has 1 aromatic heterocycles. The van der Waals surface area contributed by atoms with E-state index in [4.69, 9.17) is 17.3 Å². The first-order valence-electron chi connectivity index (χ1n) is 8.08. The summed E-state index contributed by atoms with van der Waals surface area (Å²) in [5, 5.41) is 2.74. The van der Waals surface area contributed by atoms with Crippen molar-refractivity contribution in [3.63, 3.8) is 0 Å². The van der Waals surface area contributed by atoms with E-state index in [1.54, 1.807) is 6.07 Å². The second-order valence-electron chi connectivity index (χ2n) is 5.88. The first-order chi connectivity index (χ1) is 12.8. The van der Waals surface area contributed by atoms with Crippen molar-refractivity contribution in [2.75, 3.05) is 11.9 Å². The Bertz CT molecular complexity index is 921. The maximum atomic E-state index is 12.8. The van der Waals surface area contributed by atoms with Crippen LogP contribution in [0.4, 0.5) is 19.0 Å². The molecule has 3 N–H and O–H groups in total. The third-order valence-electron chi connectivity index (χ3n) is 3.97. The Morgan fingerprint density at radius 2 is 1.75 bits per heavy atom. The van der Waals surface area contributed by atoms with E-state index in [0.717, 1.165) is 11.6 Å².